The number of aliphatic hydroxyl groups is 1. The third-order valence-corrected chi connectivity index (χ3v) is 4.01. The van der Waals surface area contributed by atoms with Crippen LogP contribution in [0.5, 0.6) is 5.75 Å². The number of nitrogens with two attached hydrogens (primary N) is 1. The highest BCUT2D eigenvalue weighted by Crippen LogP contribution is 2.27. The van der Waals surface area contributed by atoms with Crippen LogP contribution in [0.3, 0.4) is 0 Å². The number of imidazole rings is 1. The second-order valence-corrected chi connectivity index (χ2v) is 5.79. The van der Waals surface area contributed by atoms with Gasteiger partial charge in [-0.25, -0.2) is 4.98 Å². The van der Waals surface area contributed by atoms with Gasteiger partial charge in [-0.15, -0.1) is 0 Å². The third-order valence-electron chi connectivity index (χ3n) is 4.01. The maximum absolute atomic E-state index is 9.17. The zero-order chi connectivity index (χ0) is 17.1. The second-order valence-electron chi connectivity index (χ2n) is 5.79. The molecule has 3 rings (SSSR count). The summed E-state index contributed by atoms with van der Waals surface area (Å²) in [6.07, 6.45) is 1.89. The largest absolute Gasteiger partial charge is 0.497 e. The molecule has 0 saturated heterocycles. The Morgan fingerprint density at radius 1 is 1.21 bits per heavy atom. The number of nitrogens with zero attached hydrogens (tertiary/aromatic N) is 3. The standard InChI is InChI=1S/C18H22N4O2/c1-21(9-10-23)12-16-18(13-3-6-15(24-2)7-4-13)20-17-8-5-14(19)11-22(16)17/h3-8,11,23H,9-10,12,19H2,1-2H3. The molecular weight excluding hydrogens is 304 g/mol. The van der Waals surface area contributed by atoms with Gasteiger partial charge in [0.05, 0.1) is 25.1 Å². The van der Waals surface area contributed by atoms with Gasteiger partial charge in [-0.3, -0.25) is 4.90 Å². The lowest BCUT2D eigenvalue weighted by Gasteiger charge is -2.16. The predicted molar refractivity (Wildman–Crippen MR) is 95.0 cm³/mol. The van der Waals surface area contributed by atoms with Gasteiger partial charge in [-0.2, -0.15) is 0 Å². The molecule has 6 nitrogen and oxygen atoms in total. The average molecular weight is 326 g/mol. The molecule has 0 spiro atoms. The van der Waals surface area contributed by atoms with Gasteiger partial charge in [-0.05, 0) is 43.4 Å². The fraction of sp³-hybridized carbons (Fsp3) is 0.278. The molecule has 0 bridgehead atoms. The molecule has 24 heavy (non-hydrogen) atoms. The first-order chi connectivity index (χ1) is 11.6. The van der Waals surface area contributed by atoms with Gasteiger partial charge in [0.15, 0.2) is 0 Å². The molecule has 0 aliphatic carbocycles. The number of benzene rings is 1. The van der Waals surface area contributed by atoms with Crippen LogP contribution in [0, 0.1) is 0 Å². The first-order valence-electron chi connectivity index (χ1n) is 7.82. The van der Waals surface area contributed by atoms with Crippen LogP contribution < -0.4 is 10.5 Å². The summed E-state index contributed by atoms with van der Waals surface area (Å²) >= 11 is 0. The van der Waals surface area contributed by atoms with Crippen molar-refractivity contribution < 1.29 is 9.84 Å². The smallest absolute Gasteiger partial charge is 0.137 e. The van der Waals surface area contributed by atoms with Crippen LogP contribution in [0.1, 0.15) is 5.69 Å². The number of rotatable bonds is 6. The lowest BCUT2D eigenvalue weighted by atomic mass is 10.1. The SMILES string of the molecule is COc1ccc(-c2nc3ccc(N)cn3c2CN(C)CCO)cc1. The maximum Gasteiger partial charge on any atom is 0.137 e. The van der Waals surface area contributed by atoms with Crippen molar-refractivity contribution >= 4 is 11.3 Å². The summed E-state index contributed by atoms with van der Waals surface area (Å²) in [6, 6.07) is 11.6. The van der Waals surface area contributed by atoms with Crippen LogP contribution in [0.15, 0.2) is 42.6 Å². The topological polar surface area (TPSA) is 76.0 Å². The van der Waals surface area contributed by atoms with E-state index in [9.17, 15) is 0 Å². The van der Waals surface area contributed by atoms with E-state index >= 15 is 0 Å². The molecule has 2 heterocycles. The van der Waals surface area contributed by atoms with Crippen molar-refractivity contribution in [3.05, 3.63) is 48.3 Å². The Labute approximate surface area is 141 Å². The van der Waals surface area contributed by atoms with Crippen molar-refractivity contribution in [3.63, 3.8) is 0 Å². The number of fused-ring (bicyclic) bond motifs is 1. The minimum atomic E-state index is 0.118. The predicted octanol–water partition coefficient (Wildman–Crippen LogP) is 2.02. The first-order valence-corrected chi connectivity index (χ1v) is 7.82. The molecule has 2 aromatic heterocycles. The third kappa shape index (κ3) is 3.20. The molecule has 0 radical (unpaired) electrons. The molecule has 0 fully saturated rings. The Hall–Kier alpha value is -2.57. The molecule has 1 aromatic carbocycles. The van der Waals surface area contributed by atoms with E-state index in [0.29, 0.717) is 18.8 Å². The van der Waals surface area contributed by atoms with Gasteiger partial charge >= 0.3 is 0 Å². The minimum Gasteiger partial charge on any atom is -0.497 e. The monoisotopic (exact) mass is 326 g/mol. The Balaban J connectivity index is 2.10. The number of methoxy groups -OCH3 is 1. The number of likely N-dealkylation sites (N-methyl/N-ethyl adjacent to an activating group) is 1. The van der Waals surface area contributed by atoms with Gasteiger partial charge in [0.2, 0.25) is 0 Å². The van der Waals surface area contributed by atoms with Gasteiger partial charge in [0, 0.05) is 30.5 Å². The molecule has 3 N–H and O–H groups in total. The Morgan fingerprint density at radius 3 is 2.62 bits per heavy atom. The number of hydrogen-bond donors (Lipinski definition) is 2. The van der Waals surface area contributed by atoms with Crippen molar-refractivity contribution in [2.75, 3.05) is 33.0 Å². The minimum absolute atomic E-state index is 0.118. The highest BCUT2D eigenvalue weighted by molar-refractivity contribution is 5.68. The van der Waals surface area contributed by atoms with E-state index < -0.39 is 0 Å². The molecule has 0 aliphatic heterocycles. The number of nitrogen functional groups attached to an aromatic ring is 1. The number of anilines is 1. The van der Waals surface area contributed by atoms with Crippen molar-refractivity contribution in [2.45, 2.75) is 6.54 Å². The summed E-state index contributed by atoms with van der Waals surface area (Å²) in [5, 5.41) is 9.17. The van der Waals surface area contributed by atoms with Crippen LogP contribution >= 0.6 is 0 Å². The van der Waals surface area contributed by atoms with Crippen LogP contribution in [-0.2, 0) is 6.54 Å². The summed E-state index contributed by atoms with van der Waals surface area (Å²) < 4.78 is 7.24. The Kier molecular flexibility index (Phi) is 4.69. The zero-order valence-corrected chi connectivity index (χ0v) is 13.9. The summed E-state index contributed by atoms with van der Waals surface area (Å²) in [4.78, 5) is 6.83. The second kappa shape index (κ2) is 6.90. The molecule has 0 aliphatic rings. The number of hydrogen-bond acceptors (Lipinski definition) is 5. The van der Waals surface area contributed by atoms with E-state index in [-0.39, 0.29) is 6.61 Å². The van der Waals surface area contributed by atoms with Crippen molar-refractivity contribution in [1.82, 2.24) is 14.3 Å². The molecule has 3 aromatic rings. The van der Waals surface area contributed by atoms with Gasteiger partial charge < -0.3 is 20.0 Å². The van der Waals surface area contributed by atoms with Crippen LogP contribution in [-0.4, -0.2) is 46.7 Å². The van der Waals surface area contributed by atoms with E-state index in [4.69, 9.17) is 20.6 Å². The fourth-order valence-electron chi connectivity index (χ4n) is 2.75. The molecule has 126 valence electrons. The zero-order valence-electron chi connectivity index (χ0n) is 13.9. The molecule has 6 heteroatoms. The number of aliphatic hydroxyl groups excluding tert-OH is 1. The van der Waals surface area contributed by atoms with E-state index in [0.717, 1.165) is 28.3 Å². The van der Waals surface area contributed by atoms with E-state index in [2.05, 4.69) is 4.90 Å². The lowest BCUT2D eigenvalue weighted by molar-refractivity contribution is 0.216. The number of pyridine rings is 1. The Bertz CT molecular complexity index is 827. The molecule has 0 saturated carbocycles. The van der Waals surface area contributed by atoms with Crippen molar-refractivity contribution in [2.24, 2.45) is 0 Å². The number of aromatic nitrogens is 2. The summed E-state index contributed by atoms with van der Waals surface area (Å²) in [5.74, 6) is 0.811. The van der Waals surface area contributed by atoms with Gasteiger partial charge in [0.25, 0.3) is 0 Å². The molecule has 0 atom stereocenters. The van der Waals surface area contributed by atoms with Gasteiger partial charge in [-0.1, -0.05) is 0 Å². The lowest BCUT2D eigenvalue weighted by Crippen LogP contribution is -2.22. The summed E-state index contributed by atoms with van der Waals surface area (Å²) in [7, 11) is 3.62. The van der Waals surface area contributed by atoms with Crippen LogP contribution in [0.4, 0.5) is 5.69 Å². The average Bonchev–Trinajstić information content (AvgIpc) is 2.93. The van der Waals surface area contributed by atoms with E-state index in [1.807, 2.05) is 54.0 Å². The molecule has 0 amide bonds. The molecular formula is C18H22N4O2. The quantitative estimate of drug-likeness (QED) is 0.725. The fourth-order valence-corrected chi connectivity index (χ4v) is 2.75. The molecule has 0 unspecified atom stereocenters. The van der Waals surface area contributed by atoms with Crippen molar-refractivity contribution in [1.29, 1.82) is 0 Å². The highest BCUT2D eigenvalue weighted by atomic mass is 16.5. The first kappa shape index (κ1) is 16.3. The van der Waals surface area contributed by atoms with Crippen LogP contribution in [0.25, 0.3) is 16.9 Å². The highest BCUT2D eigenvalue weighted by Gasteiger charge is 2.16. The van der Waals surface area contributed by atoms with E-state index in [1.54, 1.807) is 7.11 Å². The van der Waals surface area contributed by atoms with E-state index in [1.165, 1.54) is 0 Å². The van der Waals surface area contributed by atoms with Crippen molar-refractivity contribution in [3.8, 4) is 17.0 Å². The number of ether oxygens (including phenoxy) is 1. The Morgan fingerprint density at radius 2 is 1.96 bits per heavy atom. The summed E-state index contributed by atoms with van der Waals surface area (Å²) in [6.45, 7) is 1.37. The van der Waals surface area contributed by atoms with Crippen LogP contribution in [0.2, 0.25) is 0 Å². The summed E-state index contributed by atoms with van der Waals surface area (Å²) in [5.41, 5.74) is 10.5. The van der Waals surface area contributed by atoms with Gasteiger partial charge in [0.1, 0.15) is 11.4 Å². The maximum atomic E-state index is 9.17. The normalized spacial score (nSPS) is 11.3.